The Balaban J connectivity index is 1.55. The number of amides is 4. The van der Waals surface area contributed by atoms with Crippen molar-refractivity contribution >= 4 is 29.8 Å². The number of hydrogen-bond acceptors (Lipinski definition) is 8. The highest BCUT2D eigenvalue weighted by atomic mass is 16.6. The van der Waals surface area contributed by atoms with Gasteiger partial charge >= 0.3 is 12.1 Å². The summed E-state index contributed by atoms with van der Waals surface area (Å²) in [4.78, 5) is 67.8. The average molecular weight is 599 g/mol. The van der Waals surface area contributed by atoms with Crippen LogP contribution >= 0.6 is 0 Å². The van der Waals surface area contributed by atoms with Crippen LogP contribution < -0.4 is 10.1 Å². The summed E-state index contributed by atoms with van der Waals surface area (Å²) in [6.07, 6.45) is 0.894. The van der Waals surface area contributed by atoms with Gasteiger partial charge in [-0.25, -0.2) is 9.48 Å². The van der Waals surface area contributed by atoms with E-state index in [1.165, 1.54) is 25.4 Å². The van der Waals surface area contributed by atoms with Gasteiger partial charge in [-0.2, -0.15) is 5.10 Å². The zero-order chi connectivity index (χ0) is 31.1. The summed E-state index contributed by atoms with van der Waals surface area (Å²) in [6.45, 7) is 2.86. The molecule has 2 aromatic rings. The molecule has 2 fully saturated rings. The fourth-order valence-electron chi connectivity index (χ4n) is 5.07. The maximum absolute atomic E-state index is 13.5. The molecule has 14 heteroatoms. The Kier molecular flexibility index (Phi) is 9.88. The Morgan fingerprint density at radius 2 is 1.70 bits per heavy atom. The number of para-hydroxylation sites is 1. The molecule has 1 aliphatic carbocycles. The number of piperazine rings is 1. The van der Waals surface area contributed by atoms with Crippen molar-refractivity contribution < 1.29 is 38.6 Å². The minimum Gasteiger partial charge on any atom is -0.481 e. The smallest absolute Gasteiger partial charge is 0.409 e. The van der Waals surface area contributed by atoms with Crippen molar-refractivity contribution in [1.82, 2.24) is 29.8 Å². The number of nitrogens with one attached hydrogen (secondary N) is 1. The summed E-state index contributed by atoms with van der Waals surface area (Å²) in [5.41, 5.74) is -0.539. The maximum Gasteiger partial charge on any atom is 0.409 e. The van der Waals surface area contributed by atoms with Gasteiger partial charge in [-0.05, 0) is 44.7 Å². The zero-order valence-corrected chi connectivity index (χ0v) is 24.7. The van der Waals surface area contributed by atoms with Crippen molar-refractivity contribution in [2.24, 2.45) is 0 Å². The third-order valence-electron chi connectivity index (χ3n) is 7.53. The fourth-order valence-corrected chi connectivity index (χ4v) is 5.07. The SMILES string of the molecule is CCOC(=O)N1CCN(C(=O)C(CCC(=O)O)NC(=O)c2cc(OC3(C(=O)N(C)C)CCC3)n(-c3ccccc3)n2)CC1. The number of benzene rings is 1. The first-order valence-electron chi connectivity index (χ1n) is 14.3. The number of rotatable bonds is 11. The predicted molar refractivity (Wildman–Crippen MR) is 153 cm³/mol. The van der Waals surface area contributed by atoms with Gasteiger partial charge in [0.25, 0.3) is 11.8 Å². The molecule has 4 amide bonds. The molecule has 14 nitrogen and oxygen atoms in total. The van der Waals surface area contributed by atoms with Gasteiger partial charge in [0.2, 0.25) is 11.8 Å². The predicted octanol–water partition coefficient (Wildman–Crippen LogP) is 1.53. The third kappa shape index (κ3) is 7.24. The number of carbonyl (C=O) groups is 5. The van der Waals surface area contributed by atoms with Crippen LogP contribution in [0.3, 0.4) is 0 Å². The molecule has 2 aliphatic rings. The maximum atomic E-state index is 13.5. The quantitative estimate of drug-likeness (QED) is 0.390. The number of hydrogen-bond donors (Lipinski definition) is 2. The van der Waals surface area contributed by atoms with Gasteiger partial charge < -0.3 is 34.6 Å². The highest BCUT2D eigenvalue weighted by Gasteiger charge is 2.48. The van der Waals surface area contributed by atoms with Crippen molar-refractivity contribution in [2.75, 3.05) is 46.9 Å². The van der Waals surface area contributed by atoms with E-state index < -0.39 is 35.5 Å². The number of likely N-dealkylation sites (N-methyl/N-ethyl adjacent to an activating group) is 1. The van der Waals surface area contributed by atoms with Crippen molar-refractivity contribution in [3.8, 4) is 11.6 Å². The molecule has 1 aliphatic heterocycles. The normalized spacial score (nSPS) is 16.4. The van der Waals surface area contributed by atoms with Crippen LogP contribution in [0.25, 0.3) is 5.69 Å². The van der Waals surface area contributed by atoms with Crippen LogP contribution in [0.4, 0.5) is 4.79 Å². The van der Waals surface area contributed by atoms with Gasteiger partial charge in [0.1, 0.15) is 6.04 Å². The third-order valence-corrected chi connectivity index (χ3v) is 7.53. The molecule has 1 saturated carbocycles. The Morgan fingerprint density at radius 1 is 1.05 bits per heavy atom. The lowest BCUT2D eigenvalue weighted by Gasteiger charge is -2.41. The summed E-state index contributed by atoms with van der Waals surface area (Å²) in [5.74, 6) is -2.26. The minimum atomic E-state index is -1.14. The topological polar surface area (TPSA) is 164 Å². The van der Waals surface area contributed by atoms with E-state index >= 15 is 0 Å². The van der Waals surface area contributed by atoms with Crippen LogP contribution in [-0.2, 0) is 19.1 Å². The lowest BCUT2D eigenvalue weighted by atomic mass is 9.79. The highest BCUT2D eigenvalue weighted by Crippen LogP contribution is 2.38. The molecule has 43 heavy (non-hydrogen) atoms. The van der Waals surface area contributed by atoms with Gasteiger partial charge in [-0.15, -0.1) is 0 Å². The van der Waals surface area contributed by atoms with E-state index in [1.54, 1.807) is 45.3 Å². The van der Waals surface area contributed by atoms with E-state index in [0.717, 1.165) is 6.42 Å². The second kappa shape index (κ2) is 13.6. The summed E-state index contributed by atoms with van der Waals surface area (Å²) in [5, 5.41) is 16.4. The van der Waals surface area contributed by atoms with Crippen LogP contribution in [0.2, 0.25) is 0 Å². The lowest BCUT2D eigenvalue weighted by molar-refractivity contribution is -0.153. The van der Waals surface area contributed by atoms with Crippen molar-refractivity contribution in [3.05, 3.63) is 42.1 Å². The average Bonchev–Trinajstić information content (AvgIpc) is 3.40. The van der Waals surface area contributed by atoms with E-state index in [4.69, 9.17) is 9.47 Å². The highest BCUT2D eigenvalue weighted by molar-refractivity contribution is 5.96. The number of ether oxygens (including phenoxy) is 2. The first kappa shape index (κ1) is 31.3. The van der Waals surface area contributed by atoms with Gasteiger partial charge in [0, 0.05) is 52.8 Å². The zero-order valence-electron chi connectivity index (χ0n) is 24.7. The molecule has 1 unspecified atom stereocenters. The number of aliphatic carboxylic acids is 1. The van der Waals surface area contributed by atoms with Crippen LogP contribution in [0, 0.1) is 0 Å². The first-order chi connectivity index (χ1) is 20.5. The van der Waals surface area contributed by atoms with E-state index in [1.807, 2.05) is 6.07 Å². The monoisotopic (exact) mass is 598 g/mol. The molecule has 1 atom stereocenters. The number of carboxylic acids is 1. The number of nitrogens with zero attached hydrogens (tertiary/aromatic N) is 5. The number of carboxylic acid groups (broad SMARTS) is 1. The fraction of sp³-hybridized carbons (Fsp3) is 0.517. The standard InChI is InChI=1S/C29H38N6O8/c1-4-42-28(41)34-17-15-33(16-18-34)26(39)21(11-12-24(36)37)30-25(38)22-19-23(35(31-22)20-9-6-5-7-10-20)43-29(13-8-14-29)27(40)32(2)3/h5-7,9-10,19,21H,4,8,11-18H2,1-3H3,(H,30,38)(H,36,37). The van der Waals surface area contributed by atoms with Gasteiger partial charge in [0.05, 0.1) is 12.3 Å². The summed E-state index contributed by atoms with van der Waals surface area (Å²) in [6, 6.07) is 9.25. The second-order valence-electron chi connectivity index (χ2n) is 10.7. The van der Waals surface area contributed by atoms with Crippen LogP contribution in [0.15, 0.2) is 36.4 Å². The number of carbonyl (C=O) groups excluding carboxylic acids is 4. The second-order valence-corrected chi connectivity index (χ2v) is 10.7. The molecule has 2 N–H and O–H groups in total. The Morgan fingerprint density at radius 3 is 2.26 bits per heavy atom. The van der Waals surface area contributed by atoms with E-state index in [-0.39, 0.29) is 63.1 Å². The summed E-state index contributed by atoms with van der Waals surface area (Å²) >= 11 is 0. The molecular formula is C29H38N6O8. The Bertz CT molecular complexity index is 1330. The molecule has 0 radical (unpaired) electrons. The first-order valence-corrected chi connectivity index (χ1v) is 14.3. The summed E-state index contributed by atoms with van der Waals surface area (Å²) in [7, 11) is 3.31. The summed E-state index contributed by atoms with van der Waals surface area (Å²) < 4.78 is 12.7. The molecule has 1 aromatic carbocycles. The number of aromatic nitrogens is 2. The van der Waals surface area contributed by atoms with E-state index in [2.05, 4.69) is 10.4 Å². The van der Waals surface area contributed by atoms with Crippen molar-refractivity contribution in [1.29, 1.82) is 0 Å². The van der Waals surface area contributed by atoms with Crippen molar-refractivity contribution in [2.45, 2.75) is 50.7 Å². The molecule has 1 aromatic heterocycles. The molecule has 0 spiro atoms. The molecule has 2 heterocycles. The molecule has 232 valence electrons. The Labute approximate surface area is 249 Å². The van der Waals surface area contributed by atoms with Gasteiger partial charge in [0.15, 0.2) is 11.3 Å². The molecular weight excluding hydrogens is 560 g/mol. The Hall–Kier alpha value is -4.62. The van der Waals surface area contributed by atoms with Crippen LogP contribution in [-0.4, -0.2) is 118 Å². The lowest BCUT2D eigenvalue weighted by Crippen LogP contribution is -2.56. The van der Waals surface area contributed by atoms with Gasteiger partial charge in [-0.1, -0.05) is 18.2 Å². The van der Waals surface area contributed by atoms with Crippen LogP contribution in [0.5, 0.6) is 5.88 Å². The molecule has 1 saturated heterocycles. The van der Waals surface area contributed by atoms with Gasteiger partial charge in [-0.3, -0.25) is 19.2 Å². The van der Waals surface area contributed by atoms with E-state index in [0.29, 0.717) is 18.5 Å². The van der Waals surface area contributed by atoms with Crippen LogP contribution in [0.1, 0.15) is 49.5 Å². The molecule has 0 bridgehead atoms. The largest absolute Gasteiger partial charge is 0.481 e. The van der Waals surface area contributed by atoms with E-state index in [9.17, 15) is 29.1 Å². The molecule has 4 rings (SSSR count). The van der Waals surface area contributed by atoms with Crippen molar-refractivity contribution in [3.63, 3.8) is 0 Å². The minimum absolute atomic E-state index is 0.0640.